The summed E-state index contributed by atoms with van der Waals surface area (Å²) in [5, 5.41) is 0.729. The van der Waals surface area contributed by atoms with Gasteiger partial charge in [-0.2, -0.15) is 0 Å². The van der Waals surface area contributed by atoms with Crippen molar-refractivity contribution in [3.8, 4) is 11.1 Å². The Hall–Kier alpha value is -4.06. The number of nitrogens with zero attached hydrogens (tertiary/aromatic N) is 2. The van der Waals surface area contributed by atoms with Crippen molar-refractivity contribution in [1.29, 1.82) is 0 Å². The number of halogens is 1. The Kier molecular flexibility index (Phi) is 6.27. The molecule has 0 bridgehead atoms. The lowest BCUT2D eigenvalue weighted by atomic mass is 9.92. The van der Waals surface area contributed by atoms with Gasteiger partial charge in [-0.15, -0.1) is 0 Å². The monoisotopic (exact) mass is 468 g/mol. The molecule has 1 fully saturated rings. The van der Waals surface area contributed by atoms with Crippen LogP contribution in [0.5, 0.6) is 0 Å². The SMILES string of the molecule is CCC(C(=O)N1C(=O)OC[C@H]1Cc1ccccc1)c1ccc(-c2ccnc3ccc(F)cc23)cc1. The van der Waals surface area contributed by atoms with Gasteiger partial charge in [0.2, 0.25) is 5.91 Å². The van der Waals surface area contributed by atoms with Crippen LogP contribution in [0.2, 0.25) is 0 Å². The van der Waals surface area contributed by atoms with E-state index in [4.69, 9.17) is 4.74 Å². The summed E-state index contributed by atoms with van der Waals surface area (Å²) in [7, 11) is 0. The summed E-state index contributed by atoms with van der Waals surface area (Å²) < 4.78 is 19.1. The molecule has 1 aliphatic heterocycles. The van der Waals surface area contributed by atoms with Gasteiger partial charge in [-0.05, 0) is 59.4 Å². The second-order valence-electron chi connectivity index (χ2n) is 8.73. The third-order valence-electron chi connectivity index (χ3n) is 6.55. The molecule has 35 heavy (non-hydrogen) atoms. The van der Waals surface area contributed by atoms with Gasteiger partial charge >= 0.3 is 6.09 Å². The number of hydrogen-bond acceptors (Lipinski definition) is 4. The summed E-state index contributed by atoms with van der Waals surface area (Å²) >= 11 is 0. The average Bonchev–Trinajstić information content (AvgIpc) is 3.24. The molecule has 0 spiro atoms. The minimum Gasteiger partial charge on any atom is -0.447 e. The maximum Gasteiger partial charge on any atom is 0.417 e. The van der Waals surface area contributed by atoms with Crippen molar-refractivity contribution < 1.29 is 18.7 Å². The molecule has 6 heteroatoms. The smallest absolute Gasteiger partial charge is 0.417 e. The molecule has 1 aromatic heterocycles. The lowest BCUT2D eigenvalue weighted by Gasteiger charge is -2.25. The summed E-state index contributed by atoms with van der Waals surface area (Å²) in [5.74, 6) is -1.04. The zero-order chi connectivity index (χ0) is 24.4. The van der Waals surface area contributed by atoms with Crippen molar-refractivity contribution in [2.45, 2.75) is 31.7 Å². The fraction of sp³-hybridized carbons (Fsp3) is 0.207. The van der Waals surface area contributed by atoms with Gasteiger partial charge in [0, 0.05) is 11.6 Å². The molecule has 5 rings (SSSR count). The molecule has 5 nitrogen and oxygen atoms in total. The van der Waals surface area contributed by atoms with E-state index >= 15 is 0 Å². The Morgan fingerprint density at radius 2 is 1.86 bits per heavy atom. The summed E-state index contributed by atoms with van der Waals surface area (Å²) in [6, 6.07) is 23.5. The molecule has 1 unspecified atom stereocenters. The number of fused-ring (bicyclic) bond motifs is 1. The Bertz CT molecular complexity index is 1370. The summed E-state index contributed by atoms with van der Waals surface area (Å²) in [6.45, 7) is 2.13. The lowest BCUT2D eigenvalue weighted by Crippen LogP contribution is -2.42. The molecule has 4 aromatic rings. The Morgan fingerprint density at radius 1 is 1.09 bits per heavy atom. The molecule has 1 saturated heterocycles. The molecule has 1 aliphatic rings. The van der Waals surface area contributed by atoms with Gasteiger partial charge in [-0.25, -0.2) is 14.1 Å². The molecule has 0 saturated carbocycles. The topological polar surface area (TPSA) is 59.5 Å². The van der Waals surface area contributed by atoms with Crippen LogP contribution in [0.4, 0.5) is 9.18 Å². The second-order valence-corrected chi connectivity index (χ2v) is 8.73. The highest BCUT2D eigenvalue weighted by atomic mass is 19.1. The Labute approximate surface area is 203 Å². The van der Waals surface area contributed by atoms with Gasteiger partial charge in [0.15, 0.2) is 0 Å². The van der Waals surface area contributed by atoms with Gasteiger partial charge in [0.1, 0.15) is 12.4 Å². The van der Waals surface area contributed by atoms with Crippen LogP contribution in [0.15, 0.2) is 85.1 Å². The van der Waals surface area contributed by atoms with E-state index in [0.717, 1.165) is 27.6 Å². The first-order chi connectivity index (χ1) is 17.0. The molecule has 2 atom stereocenters. The number of amides is 2. The molecular formula is C29H25FN2O3. The number of pyridine rings is 1. The van der Waals surface area contributed by atoms with Crippen LogP contribution < -0.4 is 0 Å². The lowest BCUT2D eigenvalue weighted by molar-refractivity contribution is -0.130. The normalized spacial score (nSPS) is 16.3. The number of aromatic nitrogens is 1. The van der Waals surface area contributed by atoms with Crippen molar-refractivity contribution in [3.05, 3.63) is 102 Å². The first-order valence-electron chi connectivity index (χ1n) is 11.7. The van der Waals surface area contributed by atoms with E-state index in [-0.39, 0.29) is 24.4 Å². The zero-order valence-corrected chi connectivity index (χ0v) is 19.4. The molecule has 176 valence electrons. The van der Waals surface area contributed by atoms with Crippen LogP contribution in [0, 0.1) is 5.82 Å². The van der Waals surface area contributed by atoms with E-state index in [2.05, 4.69) is 4.98 Å². The minimum absolute atomic E-state index is 0.195. The first kappa shape index (κ1) is 22.7. The number of ether oxygens (including phenoxy) is 1. The summed E-state index contributed by atoms with van der Waals surface area (Å²) in [5.41, 5.74) is 4.35. The number of benzene rings is 3. The summed E-state index contributed by atoms with van der Waals surface area (Å²) in [6.07, 6.45) is 2.22. The fourth-order valence-corrected chi connectivity index (χ4v) is 4.75. The predicted molar refractivity (Wildman–Crippen MR) is 132 cm³/mol. The number of imide groups is 1. The largest absolute Gasteiger partial charge is 0.447 e. The third-order valence-corrected chi connectivity index (χ3v) is 6.55. The van der Waals surface area contributed by atoms with Crippen molar-refractivity contribution in [1.82, 2.24) is 9.88 Å². The fourth-order valence-electron chi connectivity index (χ4n) is 4.75. The van der Waals surface area contributed by atoms with Crippen molar-refractivity contribution >= 4 is 22.9 Å². The van der Waals surface area contributed by atoms with Crippen LogP contribution in [-0.4, -0.2) is 34.5 Å². The highest BCUT2D eigenvalue weighted by Gasteiger charge is 2.40. The molecular weight excluding hydrogens is 443 g/mol. The molecule has 0 radical (unpaired) electrons. The van der Waals surface area contributed by atoms with E-state index in [1.165, 1.54) is 17.0 Å². The second kappa shape index (κ2) is 9.66. The van der Waals surface area contributed by atoms with Crippen LogP contribution in [0.3, 0.4) is 0 Å². The molecule has 2 amide bonds. The zero-order valence-electron chi connectivity index (χ0n) is 19.4. The quantitative estimate of drug-likeness (QED) is 0.342. The van der Waals surface area contributed by atoms with Crippen molar-refractivity contribution in [3.63, 3.8) is 0 Å². The van der Waals surface area contributed by atoms with E-state index in [1.807, 2.05) is 67.6 Å². The first-order valence-corrected chi connectivity index (χ1v) is 11.7. The van der Waals surface area contributed by atoms with Crippen LogP contribution in [0.1, 0.15) is 30.4 Å². The van der Waals surface area contributed by atoms with Gasteiger partial charge in [-0.3, -0.25) is 9.78 Å². The summed E-state index contributed by atoms with van der Waals surface area (Å²) in [4.78, 5) is 31.6. The van der Waals surface area contributed by atoms with Gasteiger partial charge in [-0.1, -0.05) is 61.5 Å². The van der Waals surface area contributed by atoms with Gasteiger partial charge in [0.25, 0.3) is 0 Å². The predicted octanol–water partition coefficient (Wildman–Crippen LogP) is 6.12. The van der Waals surface area contributed by atoms with Crippen molar-refractivity contribution in [2.75, 3.05) is 6.61 Å². The highest BCUT2D eigenvalue weighted by Crippen LogP contribution is 2.31. The molecule has 2 heterocycles. The van der Waals surface area contributed by atoms with E-state index in [0.29, 0.717) is 18.4 Å². The van der Waals surface area contributed by atoms with Gasteiger partial charge in [0.05, 0.1) is 17.5 Å². The standard InChI is InChI=1S/C29H25FN2O3/c1-2-24(28(33)32-23(18-35-29(32)34)16-19-6-4-3-5-7-19)20-8-10-21(11-9-20)25-14-15-31-27-13-12-22(30)17-26(25)27/h3-15,17,23-24H,2,16,18H2,1H3/t23-,24?/m1/s1. The Morgan fingerprint density at radius 3 is 2.60 bits per heavy atom. The van der Waals surface area contributed by atoms with E-state index in [9.17, 15) is 14.0 Å². The van der Waals surface area contributed by atoms with E-state index in [1.54, 1.807) is 12.3 Å². The average molecular weight is 469 g/mol. The molecule has 3 aromatic carbocycles. The minimum atomic E-state index is -0.587. The highest BCUT2D eigenvalue weighted by molar-refractivity contribution is 5.97. The third kappa shape index (κ3) is 4.52. The maximum atomic E-state index is 13.9. The van der Waals surface area contributed by atoms with Crippen molar-refractivity contribution in [2.24, 2.45) is 0 Å². The maximum absolute atomic E-state index is 13.9. The molecule has 0 N–H and O–H groups in total. The van der Waals surface area contributed by atoms with E-state index < -0.39 is 12.0 Å². The number of carbonyl (C=O) groups is 2. The van der Waals surface area contributed by atoms with Crippen LogP contribution in [0.25, 0.3) is 22.0 Å². The number of rotatable bonds is 6. The Balaban J connectivity index is 1.41. The number of carbonyl (C=O) groups excluding carboxylic acids is 2. The number of cyclic esters (lactones) is 1. The van der Waals surface area contributed by atoms with Crippen LogP contribution >= 0.6 is 0 Å². The molecule has 0 aliphatic carbocycles. The van der Waals surface area contributed by atoms with Gasteiger partial charge < -0.3 is 4.74 Å². The number of hydrogen-bond donors (Lipinski definition) is 0. The van der Waals surface area contributed by atoms with Crippen LogP contribution in [-0.2, 0) is 16.0 Å².